The second-order valence-corrected chi connectivity index (χ2v) is 11.9. The molecule has 0 aliphatic carbocycles. The van der Waals surface area contributed by atoms with E-state index in [1.54, 1.807) is 0 Å². The molecule has 3 nitrogen and oxygen atoms in total. The van der Waals surface area contributed by atoms with Crippen molar-refractivity contribution >= 4 is 84.4 Å². The maximum atomic E-state index is 10.0. The number of carbonyl (C=O) groups is 1. The third-order valence-corrected chi connectivity index (χ3v) is 9.61. The van der Waals surface area contributed by atoms with Crippen LogP contribution in [-0.2, 0) is 24.9 Å². The second kappa shape index (κ2) is 9.45. The molecule has 0 saturated heterocycles. The molecule has 0 bridgehead atoms. The summed E-state index contributed by atoms with van der Waals surface area (Å²) in [6, 6.07) is 25.5. The summed E-state index contributed by atoms with van der Waals surface area (Å²) in [7, 11) is 0. The predicted molar refractivity (Wildman–Crippen MR) is 132 cm³/mol. The Morgan fingerprint density at radius 1 is 0.938 bits per heavy atom. The number of aliphatic hydroxyl groups excluding tert-OH is 1. The van der Waals surface area contributed by atoms with Crippen LogP contribution in [-0.4, -0.2) is 44.9 Å². The molecule has 3 aromatic carbocycles. The van der Waals surface area contributed by atoms with E-state index in [-0.39, 0.29) is 46.2 Å². The molecule has 1 N–H and O–H groups in total. The molecule has 6 rings (SSSR count). The average molecular weight is 727 g/mol. The molecule has 3 heterocycles. The number of hydrogen-bond acceptors (Lipinski definition) is 3. The summed E-state index contributed by atoms with van der Waals surface area (Å²) in [6.07, 6.45) is 1.17. The van der Waals surface area contributed by atoms with Gasteiger partial charge in [-0.15, -0.1) is 0 Å². The molecule has 0 unspecified atom stereocenters. The van der Waals surface area contributed by atoms with E-state index in [0.29, 0.717) is 14.5 Å². The van der Waals surface area contributed by atoms with E-state index in [9.17, 15) is 4.79 Å². The number of fused-ring (bicyclic) bond motifs is 3. The molecular weight excluding hydrogens is 708 g/mol. The van der Waals surface area contributed by atoms with Gasteiger partial charge in [-0.3, -0.25) is 4.79 Å². The van der Waals surface area contributed by atoms with Crippen molar-refractivity contribution in [1.29, 1.82) is 0 Å². The molecule has 0 amide bonds. The van der Waals surface area contributed by atoms with Gasteiger partial charge in [0.05, 0.1) is 5.76 Å². The van der Waals surface area contributed by atoms with Gasteiger partial charge in [-0.05, 0) is 13.8 Å². The summed E-state index contributed by atoms with van der Waals surface area (Å²) in [4.78, 5) is 15.1. The molecule has 0 spiro atoms. The zero-order valence-electron chi connectivity index (χ0n) is 17.3. The van der Waals surface area contributed by atoms with E-state index in [1.165, 1.54) is 58.5 Å². The summed E-state index contributed by atoms with van der Waals surface area (Å²) in [6.45, 7) is 2.85. The Morgan fingerprint density at radius 3 is 2.31 bits per heavy atom. The topological polar surface area (TPSA) is 50.2 Å². The third-order valence-electron chi connectivity index (χ3n) is 4.97. The monoisotopic (exact) mass is 729 g/mol. The van der Waals surface area contributed by atoms with Gasteiger partial charge in [0.25, 0.3) is 0 Å². The molecule has 3 aromatic heterocycles. The number of nitrogens with zero attached hydrogens (tertiary/aromatic N) is 1. The quantitative estimate of drug-likeness (QED) is 0.101. The molecule has 1 radical (unpaired) electrons. The van der Waals surface area contributed by atoms with Gasteiger partial charge in [-0.2, -0.15) is 0 Å². The number of rotatable bonds is 1. The van der Waals surface area contributed by atoms with Crippen LogP contribution >= 0.6 is 0 Å². The zero-order chi connectivity index (χ0) is 21.5. The Morgan fingerprint density at radius 2 is 1.62 bits per heavy atom. The standard InChI is InChI=1S/C21H10NSe2.C5H8O2.Ir/c1-2-7-14-12(5-1)11-18-21(22-14)13-6-3-8-15-19(13)20-16(23-15)9-4-10-17(20)24-18;1-4(6)3-5(2)7;/h1-5,7-11H;3,6H,1-2H3;/q-1;;/b;4-3-;. The number of ketones is 1. The Hall–Kier alpha value is -2.03. The van der Waals surface area contributed by atoms with Crippen LogP contribution in [0, 0.1) is 6.07 Å². The first-order chi connectivity index (χ1) is 15.0. The van der Waals surface area contributed by atoms with Crippen molar-refractivity contribution in [3.63, 3.8) is 0 Å². The van der Waals surface area contributed by atoms with E-state index < -0.39 is 0 Å². The number of allylic oxidation sites excluding steroid dienone is 2. The van der Waals surface area contributed by atoms with Gasteiger partial charge in [0, 0.05) is 26.2 Å². The first kappa shape index (κ1) is 23.1. The summed E-state index contributed by atoms with van der Waals surface area (Å²) < 4.78 is 5.88. The molecule has 0 aliphatic rings. The first-order valence-electron chi connectivity index (χ1n) is 9.83. The summed E-state index contributed by atoms with van der Waals surface area (Å²) in [5, 5.41) is 13.7. The Bertz CT molecular complexity index is 1640. The first-order valence-corrected chi connectivity index (χ1v) is 13.3. The van der Waals surface area contributed by atoms with Crippen molar-refractivity contribution in [2.45, 2.75) is 13.8 Å². The van der Waals surface area contributed by atoms with Crippen molar-refractivity contribution in [3.05, 3.63) is 78.6 Å². The van der Waals surface area contributed by atoms with Gasteiger partial charge in [0.1, 0.15) is 0 Å². The van der Waals surface area contributed by atoms with Gasteiger partial charge < -0.3 is 5.11 Å². The van der Waals surface area contributed by atoms with Crippen molar-refractivity contribution in [2.24, 2.45) is 0 Å². The van der Waals surface area contributed by atoms with Crippen LogP contribution in [0.5, 0.6) is 0 Å². The number of pyridine rings is 1. The number of hydrogen-bond donors (Lipinski definition) is 1. The zero-order valence-corrected chi connectivity index (χ0v) is 23.1. The van der Waals surface area contributed by atoms with Crippen LogP contribution in [0.2, 0.25) is 0 Å². The van der Waals surface area contributed by atoms with Gasteiger partial charge >= 0.3 is 150 Å². The Kier molecular flexibility index (Phi) is 6.83. The van der Waals surface area contributed by atoms with Crippen molar-refractivity contribution in [2.75, 3.05) is 0 Å². The van der Waals surface area contributed by atoms with Crippen LogP contribution in [0.1, 0.15) is 13.8 Å². The number of aliphatic hydroxyl groups is 1. The summed E-state index contributed by atoms with van der Waals surface area (Å²) in [5.41, 5.74) is 2.22. The van der Waals surface area contributed by atoms with Gasteiger partial charge in [0.15, 0.2) is 5.78 Å². The predicted octanol–water partition coefficient (Wildman–Crippen LogP) is 5.80. The number of para-hydroxylation sites is 1. The number of aromatic nitrogens is 1. The molecular formula is C26H18IrNO2Se2-. The second-order valence-electron chi connectivity index (χ2n) is 7.35. The number of carbonyl (C=O) groups excluding carboxylic acids is 1. The van der Waals surface area contributed by atoms with Crippen LogP contribution in [0.25, 0.3) is 49.6 Å². The van der Waals surface area contributed by atoms with Crippen molar-refractivity contribution < 1.29 is 30.0 Å². The fraction of sp³-hybridized carbons (Fsp3) is 0.0769. The fourth-order valence-electron chi connectivity index (χ4n) is 3.81. The van der Waals surface area contributed by atoms with Crippen LogP contribution in [0.15, 0.2) is 72.5 Å². The van der Waals surface area contributed by atoms with E-state index in [1.807, 2.05) is 0 Å². The van der Waals surface area contributed by atoms with Gasteiger partial charge in [-0.1, -0.05) is 0 Å². The van der Waals surface area contributed by atoms with Crippen LogP contribution in [0.3, 0.4) is 0 Å². The Balaban J connectivity index is 0.000000271. The van der Waals surface area contributed by atoms with E-state index in [4.69, 9.17) is 10.1 Å². The van der Waals surface area contributed by atoms with Gasteiger partial charge in [0.2, 0.25) is 0 Å². The minimum atomic E-state index is -0.125. The number of benzene rings is 3. The molecule has 6 heteroatoms. The molecule has 0 aliphatic heterocycles. The molecule has 6 aromatic rings. The maximum absolute atomic E-state index is 10.0. The SMILES string of the molecule is CC(=O)/C=C(/C)O.[Ir].[c-]1ccc2[se]c3cccc4[se]c5cc6ccccc6nc5c1c2c43. The normalized spacial score (nSPS) is 11.6. The Labute approximate surface area is 210 Å². The third kappa shape index (κ3) is 4.28. The fourth-order valence-corrected chi connectivity index (χ4v) is 8.90. The van der Waals surface area contributed by atoms with Crippen LogP contribution in [0.4, 0.5) is 0 Å². The molecule has 32 heavy (non-hydrogen) atoms. The van der Waals surface area contributed by atoms with E-state index >= 15 is 0 Å². The molecule has 0 atom stereocenters. The average Bonchev–Trinajstić information content (AvgIpc) is 3.05. The molecule has 0 fully saturated rings. The minimum absolute atomic E-state index is 0. The summed E-state index contributed by atoms with van der Waals surface area (Å²) in [5.74, 6) is -0.0625. The molecule has 161 valence electrons. The van der Waals surface area contributed by atoms with Crippen molar-refractivity contribution in [1.82, 2.24) is 4.98 Å². The van der Waals surface area contributed by atoms with Crippen molar-refractivity contribution in [3.8, 4) is 0 Å². The molecule has 0 saturated carbocycles. The van der Waals surface area contributed by atoms with E-state index in [0.717, 1.165) is 11.0 Å². The summed E-state index contributed by atoms with van der Waals surface area (Å²) >= 11 is 0.692. The van der Waals surface area contributed by atoms with E-state index in [2.05, 4.69) is 66.7 Å². The van der Waals surface area contributed by atoms with Gasteiger partial charge in [-0.25, -0.2) is 0 Å². The van der Waals surface area contributed by atoms with Crippen LogP contribution < -0.4 is 0 Å².